The van der Waals surface area contributed by atoms with Crippen LogP contribution < -0.4 is 5.32 Å². The topological polar surface area (TPSA) is 55.7 Å². The van der Waals surface area contributed by atoms with Crippen molar-refractivity contribution in [3.63, 3.8) is 0 Å². The molecule has 112 valence electrons. The van der Waals surface area contributed by atoms with Gasteiger partial charge in [-0.2, -0.15) is 0 Å². The van der Waals surface area contributed by atoms with Crippen LogP contribution in [0.15, 0.2) is 0 Å². The molecule has 0 bridgehead atoms. The molecule has 2 aliphatic rings. The Kier molecular flexibility index (Phi) is 6.57. The number of likely N-dealkylation sites (tertiary alicyclic amines) is 1. The van der Waals surface area contributed by atoms with Crippen molar-refractivity contribution >= 4 is 0 Å². The lowest BCUT2D eigenvalue weighted by Gasteiger charge is -2.41. The molecular formula is C15H30N2O2. The van der Waals surface area contributed by atoms with Gasteiger partial charge in [0.1, 0.15) is 0 Å². The Balaban J connectivity index is 1.86. The minimum absolute atomic E-state index is 0.223. The second kappa shape index (κ2) is 8.20. The van der Waals surface area contributed by atoms with E-state index >= 15 is 0 Å². The summed E-state index contributed by atoms with van der Waals surface area (Å²) in [7, 11) is 0. The monoisotopic (exact) mass is 270 g/mol. The van der Waals surface area contributed by atoms with E-state index in [4.69, 9.17) is 10.2 Å². The molecule has 1 heterocycles. The number of nitrogens with one attached hydrogen (secondary N) is 1. The van der Waals surface area contributed by atoms with Crippen LogP contribution in [0, 0.1) is 5.92 Å². The Labute approximate surface area is 117 Å². The second-order valence-corrected chi connectivity index (χ2v) is 6.23. The summed E-state index contributed by atoms with van der Waals surface area (Å²) in [6.45, 7) is 3.59. The average Bonchev–Trinajstić information content (AvgIpc) is 2.97. The number of piperidine rings is 1. The van der Waals surface area contributed by atoms with Gasteiger partial charge >= 0.3 is 0 Å². The van der Waals surface area contributed by atoms with Gasteiger partial charge in [-0.3, -0.25) is 4.90 Å². The Hall–Kier alpha value is -0.160. The van der Waals surface area contributed by atoms with Crippen LogP contribution >= 0.6 is 0 Å². The number of aliphatic hydroxyl groups is 2. The predicted molar refractivity (Wildman–Crippen MR) is 77.1 cm³/mol. The van der Waals surface area contributed by atoms with Crippen LogP contribution in [0.5, 0.6) is 0 Å². The fraction of sp³-hybridized carbons (Fsp3) is 1.00. The fourth-order valence-corrected chi connectivity index (χ4v) is 3.81. The van der Waals surface area contributed by atoms with Gasteiger partial charge in [-0.1, -0.05) is 12.8 Å². The molecule has 2 unspecified atom stereocenters. The van der Waals surface area contributed by atoms with Gasteiger partial charge in [-0.25, -0.2) is 0 Å². The Morgan fingerprint density at radius 1 is 1.05 bits per heavy atom. The minimum Gasteiger partial charge on any atom is -0.396 e. The molecule has 1 aliphatic carbocycles. The third-order valence-corrected chi connectivity index (χ3v) is 4.72. The van der Waals surface area contributed by atoms with Crippen LogP contribution in [0.1, 0.15) is 44.9 Å². The molecule has 0 amide bonds. The Bertz CT molecular complexity index is 228. The molecule has 0 aromatic carbocycles. The normalized spacial score (nSPS) is 30.0. The number of hydrogen-bond acceptors (Lipinski definition) is 4. The lowest BCUT2D eigenvalue weighted by atomic mass is 9.89. The van der Waals surface area contributed by atoms with Gasteiger partial charge < -0.3 is 15.5 Å². The van der Waals surface area contributed by atoms with E-state index in [0.717, 1.165) is 25.4 Å². The van der Waals surface area contributed by atoms with Crippen molar-refractivity contribution in [1.82, 2.24) is 10.2 Å². The van der Waals surface area contributed by atoms with Crippen LogP contribution in [0.4, 0.5) is 0 Å². The molecule has 1 aliphatic heterocycles. The lowest BCUT2D eigenvalue weighted by Crippen LogP contribution is -2.52. The van der Waals surface area contributed by atoms with Gasteiger partial charge in [0.15, 0.2) is 0 Å². The van der Waals surface area contributed by atoms with E-state index in [2.05, 4.69) is 10.2 Å². The highest BCUT2D eigenvalue weighted by atomic mass is 16.3. The van der Waals surface area contributed by atoms with Crippen molar-refractivity contribution in [2.24, 2.45) is 5.92 Å². The number of hydrogen-bond donors (Lipinski definition) is 3. The van der Waals surface area contributed by atoms with Crippen molar-refractivity contribution in [1.29, 1.82) is 0 Å². The molecule has 2 rings (SSSR count). The summed E-state index contributed by atoms with van der Waals surface area (Å²) in [6, 6.07) is 1.31. The zero-order valence-corrected chi connectivity index (χ0v) is 12.1. The highest BCUT2D eigenvalue weighted by molar-refractivity contribution is 4.88. The van der Waals surface area contributed by atoms with Gasteiger partial charge in [0.05, 0.1) is 6.61 Å². The maximum absolute atomic E-state index is 9.02. The summed E-state index contributed by atoms with van der Waals surface area (Å²) >= 11 is 0. The second-order valence-electron chi connectivity index (χ2n) is 6.23. The van der Waals surface area contributed by atoms with Crippen LogP contribution in [0.3, 0.4) is 0 Å². The molecule has 0 aromatic heterocycles. The minimum atomic E-state index is 0.223. The summed E-state index contributed by atoms with van der Waals surface area (Å²) in [5, 5.41) is 21.5. The lowest BCUT2D eigenvalue weighted by molar-refractivity contribution is 0.0899. The molecule has 2 atom stereocenters. The molecule has 1 saturated heterocycles. The maximum atomic E-state index is 9.02. The SMILES string of the molecule is OCCCC1CC(NCCO)CN(C2CCCC2)C1. The molecule has 0 aromatic rings. The zero-order chi connectivity index (χ0) is 13.5. The third kappa shape index (κ3) is 4.71. The number of nitrogens with zero attached hydrogens (tertiary/aromatic N) is 1. The molecule has 3 N–H and O–H groups in total. The van der Waals surface area contributed by atoms with Crippen molar-refractivity contribution in [3.8, 4) is 0 Å². The Morgan fingerprint density at radius 2 is 1.84 bits per heavy atom. The summed E-state index contributed by atoms with van der Waals surface area (Å²) in [5.74, 6) is 0.706. The fourth-order valence-electron chi connectivity index (χ4n) is 3.81. The zero-order valence-electron chi connectivity index (χ0n) is 12.1. The van der Waals surface area contributed by atoms with Gasteiger partial charge in [0, 0.05) is 38.3 Å². The van der Waals surface area contributed by atoms with Crippen LogP contribution in [-0.4, -0.2) is 60.0 Å². The van der Waals surface area contributed by atoms with E-state index < -0.39 is 0 Å². The number of rotatable bonds is 7. The van der Waals surface area contributed by atoms with Gasteiger partial charge in [0.2, 0.25) is 0 Å². The van der Waals surface area contributed by atoms with E-state index in [9.17, 15) is 0 Å². The highest BCUT2D eigenvalue weighted by Crippen LogP contribution is 2.29. The van der Waals surface area contributed by atoms with Crippen LogP contribution in [0.25, 0.3) is 0 Å². The quantitative estimate of drug-likeness (QED) is 0.645. The smallest absolute Gasteiger partial charge is 0.0556 e. The largest absolute Gasteiger partial charge is 0.396 e. The molecule has 2 fully saturated rings. The first kappa shape index (κ1) is 15.2. The first-order valence-electron chi connectivity index (χ1n) is 8.02. The molecule has 19 heavy (non-hydrogen) atoms. The van der Waals surface area contributed by atoms with E-state index in [1.807, 2.05) is 0 Å². The predicted octanol–water partition coefficient (Wildman–Crippen LogP) is 0.974. The van der Waals surface area contributed by atoms with E-state index in [1.165, 1.54) is 38.6 Å². The first-order chi connectivity index (χ1) is 9.33. The van der Waals surface area contributed by atoms with Crippen molar-refractivity contribution in [3.05, 3.63) is 0 Å². The summed E-state index contributed by atoms with van der Waals surface area (Å²) < 4.78 is 0. The van der Waals surface area contributed by atoms with E-state index in [1.54, 1.807) is 0 Å². The van der Waals surface area contributed by atoms with Crippen molar-refractivity contribution < 1.29 is 10.2 Å². The van der Waals surface area contributed by atoms with Gasteiger partial charge in [-0.15, -0.1) is 0 Å². The third-order valence-electron chi connectivity index (χ3n) is 4.72. The van der Waals surface area contributed by atoms with E-state index in [-0.39, 0.29) is 6.61 Å². The van der Waals surface area contributed by atoms with Crippen LogP contribution in [-0.2, 0) is 0 Å². The summed E-state index contributed by atoms with van der Waals surface area (Å²) in [4.78, 5) is 2.67. The van der Waals surface area contributed by atoms with Crippen LogP contribution in [0.2, 0.25) is 0 Å². The average molecular weight is 270 g/mol. The van der Waals surface area contributed by atoms with E-state index in [0.29, 0.717) is 25.1 Å². The maximum Gasteiger partial charge on any atom is 0.0556 e. The van der Waals surface area contributed by atoms with Crippen molar-refractivity contribution in [2.75, 3.05) is 32.8 Å². The summed E-state index contributed by atoms with van der Waals surface area (Å²) in [6.07, 6.45) is 8.75. The Morgan fingerprint density at radius 3 is 2.53 bits per heavy atom. The molecule has 4 nitrogen and oxygen atoms in total. The molecular weight excluding hydrogens is 240 g/mol. The highest BCUT2D eigenvalue weighted by Gasteiger charge is 2.31. The molecule has 0 spiro atoms. The van der Waals surface area contributed by atoms with Gasteiger partial charge in [0.25, 0.3) is 0 Å². The standard InChI is InChI=1S/C15H30N2O2/c18-8-3-4-13-10-14(16-7-9-19)12-17(11-13)15-5-1-2-6-15/h13-16,18-19H,1-12H2. The van der Waals surface area contributed by atoms with Crippen molar-refractivity contribution in [2.45, 2.75) is 57.0 Å². The summed E-state index contributed by atoms with van der Waals surface area (Å²) in [5.41, 5.74) is 0. The van der Waals surface area contributed by atoms with Gasteiger partial charge in [-0.05, 0) is 38.0 Å². The molecule has 0 radical (unpaired) electrons. The molecule has 4 heteroatoms. The molecule has 1 saturated carbocycles. The first-order valence-corrected chi connectivity index (χ1v) is 8.02. The number of aliphatic hydroxyl groups excluding tert-OH is 2.